The van der Waals surface area contributed by atoms with Gasteiger partial charge >= 0.3 is 0 Å². The van der Waals surface area contributed by atoms with Crippen LogP contribution in [0.25, 0.3) is 0 Å². The van der Waals surface area contributed by atoms with Gasteiger partial charge in [0, 0.05) is 6.04 Å². The highest BCUT2D eigenvalue weighted by molar-refractivity contribution is 5.81. The van der Waals surface area contributed by atoms with Gasteiger partial charge in [-0.25, -0.2) is 4.39 Å². The van der Waals surface area contributed by atoms with Gasteiger partial charge in [-0.05, 0) is 31.4 Å². The summed E-state index contributed by atoms with van der Waals surface area (Å²) in [6.07, 6.45) is 5.52. The van der Waals surface area contributed by atoms with Crippen LogP contribution >= 0.6 is 0 Å². The molecule has 1 saturated carbocycles. The predicted octanol–water partition coefficient (Wildman–Crippen LogP) is 3.43. The molecule has 1 amide bonds. The van der Waals surface area contributed by atoms with Crippen LogP contribution in [0, 0.1) is 5.82 Å². The lowest BCUT2D eigenvalue weighted by molar-refractivity contribution is -0.129. The van der Waals surface area contributed by atoms with Gasteiger partial charge in [0.25, 0.3) is 5.91 Å². The summed E-state index contributed by atoms with van der Waals surface area (Å²) in [5.41, 5.74) is 0. The Morgan fingerprint density at radius 1 is 1.35 bits per heavy atom. The third kappa shape index (κ3) is 3.95. The van der Waals surface area contributed by atoms with Gasteiger partial charge in [0.05, 0.1) is 0 Å². The van der Waals surface area contributed by atoms with Crippen LogP contribution in [0.4, 0.5) is 4.39 Å². The molecule has 0 bridgehead atoms. The number of carbonyl (C=O) groups is 1. The van der Waals surface area contributed by atoms with Crippen molar-refractivity contribution < 1.29 is 13.9 Å². The molecule has 1 aromatic rings. The van der Waals surface area contributed by atoms with Crippen LogP contribution in [0.2, 0.25) is 0 Å². The number of ether oxygens (including phenoxy) is 1. The van der Waals surface area contributed by atoms with E-state index in [1.807, 2.05) is 6.92 Å². The van der Waals surface area contributed by atoms with Gasteiger partial charge in [0.15, 0.2) is 17.7 Å². The fourth-order valence-electron chi connectivity index (χ4n) is 2.56. The maximum absolute atomic E-state index is 13.6. The highest BCUT2D eigenvalue weighted by Crippen LogP contribution is 2.20. The van der Waals surface area contributed by atoms with Gasteiger partial charge in [-0.3, -0.25) is 4.79 Å². The molecule has 1 N–H and O–H groups in total. The number of para-hydroxylation sites is 1. The second kappa shape index (κ2) is 7.27. The Labute approximate surface area is 119 Å². The highest BCUT2D eigenvalue weighted by Gasteiger charge is 2.23. The van der Waals surface area contributed by atoms with Crippen molar-refractivity contribution >= 4 is 5.91 Å². The molecule has 0 unspecified atom stereocenters. The third-order valence-electron chi connectivity index (χ3n) is 3.72. The van der Waals surface area contributed by atoms with E-state index in [0.717, 1.165) is 25.7 Å². The smallest absolute Gasteiger partial charge is 0.261 e. The Hall–Kier alpha value is -1.58. The van der Waals surface area contributed by atoms with Crippen LogP contribution in [0.1, 0.15) is 45.4 Å². The van der Waals surface area contributed by atoms with Gasteiger partial charge in [0.2, 0.25) is 0 Å². The molecule has 0 spiro atoms. The van der Waals surface area contributed by atoms with E-state index in [2.05, 4.69) is 5.32 Å². The summed E-state index contributed by atoms with van der Waals surface area (Å²) in [7, 11) is 0. The molecule has 0 heterocycles. The van der Waals surface area contributed by atoms with Crippen molar-refractivity contribution in [2.24, 2.45) is 0 Å². The Morgan fingerprint density at radius 2 is 2.05 bits per heavy atom. The SMILES string of the molecule is CC[C@H](Oc1ccccc1F)C(=O)NC1CCCCC1. The molecule has 1 atom stereocenters. The maximum atomic E-state index is 13.6. The van der Waals surface area contributed by atoms with Crippen molar-refractivity contribution in [1.29, 1.82) is 0 Å². The molecule has 110 valence electrons. The van der Waals surface area contributed by atoms with E-state index in [1.54, 1.807) is 18.2 Å². The molecule has 0 aromatic heterocycles. The molecule has 4 heteroatoms. The van der Waals surface area contributed by atoms with Crippen molar-refractivity contribution in [1.82, 2.24) is 5.32 Å². The number of hydrogen-bond acceptors (Lipinski definition) is 2. The number of nitrogens with one attached hydrogen (secondary N) is 1. The van der Waals surface area contributed by atoms with Crippen LogP contribution in [-0.2, 0) is 4.79 Å². The molecule has 1 fully saturated rings. The van der Waals surface area contributed by atoms with Crippen molar-refractivity contribution in [2.75, 3.05) is 0 Å². The number of halogens is 1. The molecule has 1 aliphatic rings. The fourth-order valence-corrected chi connectivity index (χ4v) is 2.56. The summed E-state index contributed by atoms with van der Waals surface area (Å²) >= 11 is 0. The van der Waals surface area contributed by atoms with E-state index < -0.39 is 11.9 Å². The minimum Gasteiger partial charge on any atom is -0.478 e. The van der Waals surface area contributed by atoms with Gasteiger partial charge in [0.1, 0.15) is 0 Å². The summed E-state index contributed by atoms with van der Waals surface area (Å²) < 4.78 is 19.1. The second-order valence-corrected chi connectivity index (χ2v) is 5.29. The maximum Gasteiger partial charge on any atom is 0.261 e. The molecular weight excluding hydrogens is 257 g/mol. The first-order valence-electron chi connectivity index (χ1n) is 7.42. The average molecular weight is 279 g/mol. The van der Waals surface area contributed by atoms with Crippen LogP contribution in [0.15, 0.2) is 24.3 Å². The summed E-state index contributed by atoms with van der Waals surface area (Å²) in [6, 6.07) is 6.43. The lowest BCUT2D eigenvalue weighted by atomic mass is 9.95. The molecule has 2 rings (SSSR count). The van der Waals surface area contributed by atoms with Gasteiger partial charge in [-0.15, -0.1) is 0 Å². The minimum atomic E-state index is -0.631. The lowest BCUT2D eigenvalue weighted by Gasteiger charge is -2.25. The molecular formula is C16H22FNO2. The Kier molecular flexibility index (Phi) is 5.39. The average Bonchev–Trinajstić information content (AvgIpc) is 2.47. The number of amides is 1. The summed E-state index contributed by atoms with van der Waals surface area (Å²) in [5.74, 6) is -0.433. The summed E-state index contributed by atoms with van der Waals surface area (Å²) in [6.45, 7) is 1.87. The van der Waals surface area contributed by atoms with Crippen LogP contribution < -0.4 is 10.1 Å². The summed E-state index contributed by atoms with van der Waals surface area (Å²) in [4.78, 5) is 12.2. The Bertz CT molecular complexity index is 444. The van der Waals surface area contributed by atoms with Gasteiger partial charge < -0.3 is 10.1 Å². The molecule has 0 aliphatic heterocycles. The number of carbonyl (C=O) groups excluding carboxylic acids is 1. The number of benzene rings is 1. The molecule has 3 nitrogen and oxygen atoms in total. The molecule has 1 aliphatic carbocycles. The van der Waals surface area contributed by atoms with E-state index in [1.165, 1.54) is 12.5 Å². The van der Waals surface area contributed by atoms with Crippen molar-refractivity contribution in [3.8, 4) is 5.75 Å². The summed E-state index contributed by atoms with van der Waals surface area (Å²) in [5, 5.41) is 3.02. The number of rotatable bonds is 5. The first-order valence-corrected chi connectivity index (χ1v) is 7.42. The zero-order valence-corrected chi connectivity index (χ0v) is 11.9. The largest absolute Gasteiger partial charge is 0.478 e. The topological polar surface area (TPSA) is 38.3 Å². The van der Waals surface area contributed by atoms with Crippen LogP contribution in [0.5, 0.6) is 5.75 Å². The van der Waals surface area contributed by atoms with Crippen LogP contribution in [0.3, 0.4) is 0 Å². The van der Waals surface area contributed by atoms with Crippen molar-refractivity contribution in [3.63, 3.8) is 0 Å². The van der Waals surface area contributed by atoms with E-state index >= 15 is 0 Å². The first-order chi connectivity index (χ1) is 9.70. The van der Waals surface area contributed by atoms with E-state index in [-0.39, 0.29) is 17.7 Å². The quantitative estimate of drug-likeness (QED) is 0.896. The van der Waals surface area contributed by atoms with E-state index in [0.29, 0.717) is 6.42 Å². The van der Waals surface area contributed by atoms with Crippen molar-refractivity contribution in [2.45, 2.75) is 57.6 Å². The minimum absolute atomic E-state index is 0.136. The zero-order chi connectivity index (χ0) is 14.4. The zero-order valence-electron chi connectivity index (χ0n) is 11.9. The first kappa shape index (κ1) is 14.8. The third-order valence-corrected chi connectivity index (χ3v) is 3.72. The predicted molar refractivity (Wildman–Crippen MR) is 76.1 cm³/mol. The normalized spacial score (nSPS) is 17.5. The lowest BCUT2D eigenvalue weighted by Crippen LogP contribution is -2.44. The van der Waals surface area contributed by atoms with Crippen LogP contribution in [-0.4, -0.2) is 18.1 Å². The van der Waals surface area contributed by atoms with E-state index in [9.17, 15) is 9.18 Å². The highest BCUT2D eigenvalue weighted by atomic mass is 19.1. The number of hydrogen-bond donors (Lipinski definition) is 1. The second-order valence-electron chi connectivity index (χ2n) is 5.29. The Balaban J connectivity index is 1.93. The molecule has 20 heavy (non-hydrogen) atoms. The van der Waals surface area contributed by atoms with Gasteiger partial charge in [-0.1, -0.05) is 38.3 Å². The van der Waals surface area contributed by atoms with Gasteiger partial charge in [-0.2, -0.15) is 0 Å². The molecule has 0 radical (unpaired) electrons. The fraction of sp³-hybridized carbons (Fsp3) is 0.562. The monoisotopic (exact) mass is 279 g/mol. The van der Waals surface area contributed by atoms with Crippen molar-refractivity contribution in [3.05, 3.63) is 30.1 Å². The Morgan fingerprint density at radius 3 is 2.70 bits per heavy atom. The van der Waals surface area contributed by atoms with E-state index in [4.69, 9.17) is 4.74 Å². The molecule has 0 saturated heterocycles. The molecule has 1 aromatic carbocycles. The standard InChI is InChI=1S/C16H22FNO2/c1-2-14(20-15-11-7-6-10-13(15)17)16(19)18-12-8-4-3-5-9-12/h6-7,10-12,14H,2-5,8-9H2,1H3,(H,18,19)/t14-/m0/s1.